The number of hydrogen-bond donors (Lipinski definition) is 1. The van der Waals surface area contributed by atoms with Crippen LogP contribution in [0, 0.1) is 5.82 Å². The molecule has 0 saturated carbocycles. The molecule has 2 aromatic rings. The Morgan fingerprint density at radius 2 is 1.85 bits per heavy atom. The molecule has 1 N–H and O–H groups in total. The Hall–Kier alpha value is -1.40. The lowest BCUT2D eigenvalue weighted by Crippen LogP contribution is -2.52. The predicted molar refractivity (Wildman–Crippen MR) is 106 cm³/mol. The first-order chi connectivity index (χ1) is 12.7. The molecule has 0 unspecified atom stereocenters. The Morgan fingerprint density at radius 3 is 2.54 bits per heavy atom. The number of aliphatic hydroxyl groups is 1. The molecular weight excluding hydrogens is 347 g/mol. The third kappa shape index (κ3) is 5.07. The van der Waals surface area contributed by atoms with E-state index in [1.807, 2.05) is 12.1 Å². The molecule has 26 heavy (non-hydrogen) atoms. The molecular formula is C21H27FN2OS. The standard InChI is InChI=1S/C21H27FN2OS/c1-26-20-8-6-17(7-9-20)14-23-11-12-24(19(16-23)10-13-25)15-18-4-2-3-5-21(18)22/h2-9,19,25H,10-16H2,1H3/t19-/m1/s1. The van der Waals surface area contributed by atoms with E-state index in [0.717, 1.165) is 38.2 Å². The van der Waals surface area contributed by atoms with Crippen LogP contribution < -0.4 is 0 Å². The molecule has 5 heteroatoms. The molecule has 0 radical (unpaired) electrons. The van der Waals surface area contributed by atoms with Gasteiger partial charge in [-0.15, -0.1) is 11.8 Å². The van der Waals surface area contributed by atoms with Gasteiger partial charge in [-0.2, -0.15) is 0 Å². The van der Waals surface area contributed by atoms with Crippen molar-refractivity contribution in [3.63, 3.8) is 0 Å². The highest BCUT2D eigenvalue weighted by Crippen LogP contribution is 2.21. The minimum absolute atomic E-state index is 0.147. The monoisotopic (exact) mass is 374 g/mol. The van der Waals surface area contributed by atoms with Crippen LogP contribution in [-0.4, -0.2) is 53.4 Å². The van der Waals surface area contributed by atoms with Gasteiger partial charge in [-0.25, -0.2) is 4.39 Å². The van der Waals surface area contributed by atoms with E-state index in [2.05, 4.69) is 40.3 Å². The first-order valence-corrected chi connectivity index (χ1v) is 10.4. The predicted octanol–water partition coefficient (Wildman–Crippen LogP) is 3.62. The summed E-state index contributed by atoms with van der Waals surface area (Å²) in [6.45, 7) is 4.44. The van der Waals surface area contributed by atoms with E-state index in [9.17, 15) is 9.50 Å². The number of nitrogens with zero attached hydrogens (tertiary/aromatic N) is 2. The number of aliphatic hydroxyl groups excluding tert-OH is 1. The van der Waals surface area contributed by atoms with Crippen molar-refractivity contribution in [1.82, 2.24) is 9.80 Å². The van der Waals surface area contributed by atoms with Crippen LogP contribution in [0.15, 0.2) is 53.4 Å². The summed E-state index contributed by atoms with van der Waals surface area (Å²) in [7, 11) is 0. The van der Waals surface area contributed by atoms with Crippen molar-refractivity contribution in [3.8, 4) is 0 Å². The summed E-state index contributed by atoms with van der Waals surface area (Å²) >= 11 is 1.75. The van der Waals surface area contributed by atoms with E-state index < -0.39 is 0 Å². The van der Waals surface area contributed by atoms with Gasteiger partial charge in [-0.3, -0.25) is 9.80 Å². The van der Waals surface area contributed by atoms with Gasteiger partial charge in [0.25, 0.3) is 0 Å². The molecule has 140 valence electrons. The lowest BCUT2D eigenvalue weighted by atomic mass is 10.1. The zero-order chi connectivity index (χ0) is 18.4. The summed E-state index contributed by atoms with van der Waals surface area (Å²) in [5.74, 6) is -0.147. The molecule has 2 aromatic carbocycles. The van der Waals surface area contributed by atoms with Gasteiger partial charge >= 0.3 is 0 Å². The fraction of sp³-hybridized carbons (Fsp3) is 0.429. The van der Waals surface area contributed by atoms with Gasteiger partial charge in [0.2, 0.25) is 0 Å². The zero-order valence-corrected chi connectivity index (χ0v) is 16.1. The van der Waals surface area contributed by atoms with Gasteiger partial charge in [-0.05, 0) is 36.4 Å². The van der Waals surface area contributed by atoms with E-state index in [0.29, 0.717) is 6.54 Å². The fourth-order valence-electron chi connectivity index (χ4n) is 3.57. The van der Waals surface area contributed by atoms with Crippen LogP contribution in [0.25, 0.3) is 0 Å². The number of hydrogen-bond acceptors (Lipinski definition) is 4. The number of benzene rings is 2. The largest absolute Gasteiger partial charge is 0.396 e. The van der Waals surface area contributed by atoms with Crippen molar-refractivity contribution < 1.29 is 9.50 Å². The van der Waals surface area contributed by atoms with E-state index in [4.69, 9.17) is 0 Å². The summed E-state index contributed by atoms with van der Waals surface area (Å²) in [5.41, 5.74) is 2.05. The van der Waals surface area contributed by atoms with Crippen LogP contribution in [0.2, 0.25) is 0 Å². The molecule has 0 amide bonds. The highest BCUT2D eigenvalue weighted by atomic mass is 32.2. The minimum Gasteiger partial charge on any atom is -0.396 e. The first kappa shape index (κ1) is 19.4. The number of piperazine rings is 1. The van der Waals surface area contributed by atoms with Crippen molar-refractivity contribution in [1.29, 1.82) is 0 Å². The van der Waals surface area contributed by atoms with Gasteiger partial charge < -0.3 is 5.11 Å². The molecule has 1 fully saturated rings. The van der Waals surface area contributed by atoms with Crippen LogP contribution in [0.5, 0.6) is 0 Å². The average molecular weight is 375 g/mol. The molecule has 1 heterocycles. The van der Waals surface area contributed by atoms with Crippen molar-refractivity contribution in [3.05, 3.63) is 65.5 Å². The van der Waals surface area contributed by atoms with Gasteiger partial charge in [0.15, 0.2) is 0 Å². The Morgan fingerprint density at radius 1 is 1.08 bits per heavy atom. The Kier molecular flexibility index (Phi) is 7.08. The Bertz CT molecular complexity index is 695. The van der Waals surface area contributed by atoms with Crippen LogP contribution in [0.3, 0.4) is 0 Å². The number of thioether (sulfide) groups is 1. The molecule has 0 aromatic heterocycles. The molecule has 1 atom stereocenters. The summed E-state index contributed by atoms with van der Waals surface area (Å²) in [4.78, 5) is 6.02. The van der Waals surface area contributed by atoms with Crippen LogP contribution >= 0.6 is 11.8 Å². The molecule has 3 nitrogen and oxygen atoms in total. The normalized spacial score (nSPS) is 19.0. The Labute approximate surface area is 159 Å². The van der Waals surface area contributed by atoms with E-state index in [1.165, 1.54) is 16.5 Å². The van der Waals surface area contributed by atoms with Crippen LogP contribution in [-0.2, 0) is 13.1 Å². The topological polar surface area (TPSA) is 26.7 Å². The second-order valence-corrected chi connectivity index (χ2v) is 7.69. The van der Waals surface area contributed by atoms with Crippen LogP contribution in [0.4, 0.5) is 4.39 Å². The Balaban J connectivity index is 1.62. The second kappa shape index (κ2) is 9.51. The van der Waals surface area contributed by atoms with Gasteiger partial charge in [-0.1, -0.05) is 30.3 Å². The van der Waals surface area contributed by atoms with Crippen molar-refractivity contribution in [2.24, 2.45) is 0 Å². The van der Waals surface area contributed by atoms with Gasteiger partial charge in [0.05, 0.1) is 0 Å². The highest BCUT2D eigenvalue weighted by molar-refractivity contribution is 7.98. The first-order valence-electron chi connectivity index (χ1n) is 9.13. The average Bonchev–Trinajstić information content (AvgIpc) is 2.66. The lowest BCUT2D eigenvalue weighted by molar-refractivity contribution is 0.0493. The van der Waals surface area contributed by atoms with Crippen LogP contribution in [0.1, 0.15) is 17.5 Å². The molecule has 3 rings (SSSR count). The highest BCUT2D eigenvalue weighted by Gasteiger charge is 2.27. The zero-order valence-electron chi connectivity index (χ0n) is 15.3. The van der Waals surface area contributed by atoms with Crippen molar-refractivity contribution in [2.75, 3.05) is 32.5 Å². The molecule has 0 bridgehead atoms. The molecule has 1 aliphatic rings. The molecule has 0 aliphatic carbocycles. The lowest BCUT2D eigenvalue weighted by Gasteiger charge is -2.41. The van der Waals surface area contributed by atoms with E-state index in [1.54, 1.807) is 17.8 Å². The summed E-state index contributed by atoms with van der Waals surface area (Å²) in [6, 6.07) is 15.9. The summed E-state index contributed by atoms with van der Waals surface area (Å²) in [5, 5.41) is 9.47. The van der Waals surface area contributed by atoms with Gasteiger partial charge in [0.1, 0.15) is 5.82 Å². The maximum absolute atomic E-state index is 14.0. The van der Waals surface area contributed by atoms with E-state index in [-0.39, 0.29) is 18.5 Å². The van der Waals surface area contributed by atoms with Gasteiger partial charge in [0, 0.05) is 55.8 Å². The fourth-order valence-corrected chi connectivity index (χ4v) is 3.97. The smallest absolute Gasteiger partial charge is 0.127 e. The summed E-state index contributed by atoms with van der Waals surface area (Å²) in [6.07, 6.45) is 2.81. The molecule has 0 spiro atoms. The number of halogens is 1. The second-order valence-electron chi connectivity index (χ2n) is 6.81. The number of rotatable bonds is 7. The third-order valence-corrected chi connectivity index (χ3v) is 5.79. The van der Waals surface area contributed by atoms with Crippen molar-refractivity contribution in [2.45, 2.75) is 30.4 Å². The molecule has 1 aliphatic heterocycles. The SMILES string of the molecule is CSc1ccc(CN2CCN(Cc3ccccc3F)[C@H](CCO)C2)cc1. The quantitative estimate of drug-likeness (QED) is 0.749. The minimum atomic E-state index is -0.147. The maximum Gasteiger partial charge on any atom is 0.127 e. The van der Waals surface area contributed by atoms with E-state index >= 15 is 0 Å². The third-order valence-electron chi connectivity index (χ3n) is 5.05. The summed E-state index contributed by atoms with van der Waals surface area (Å²) < 4.78 is 14.0. The van der Waals surface area contributed by atoms with Crippen molar-refractivity contribution >= 4 is 11.8 Å². The maximum atomic E-state index is 14.0. The molecule has 1 saturated heterocycles.